The van der Waals surface area contributed by atoms with E-state index in [1.165, 1.54) is 15.9 Å². The van der Waals surface area contributed by atoms with Gasteiger partial charge < -0.3 is 30.1 Å². The van der Waals surface area contributed by atoms with Crippen LogP contribution in [0.5, 0.6) is 0 Å². The van der Waals surface area contributed by atoms with Crippen LogP contribution in [0.3, 0.4) is 0 Å². The summed E-state index contributed by atoms with van der Waals surface area (Å²) in [5.41, 5.74) is -0.567. The molecule has 7 rings (SSSR count). The average molecular weight is 838 g/mol. The van der Waals surface area contributed by atoms with E-state index in [9.17, 15) is 37.1 Å². The van der Waals surface area contributed by atoms with Crippen LogP contribution in [0.15, 0.2) is 54.6 Å². The summed E-state index contributed by atoms with van der Waals surface area (Å²) < 4.78 is 54.6. The largest absolute Gasteiger partial charge is 0.444 e. The summed E-state index contributed by atoms with van der Waals surface area (Å²) in [4.78, 5) is 73.7. The number of allylic oxidation sites excluding steroid dienone is 1. The molecule has 2 aromatic rings. The number of fused-ring (bicyclic) bond motifs is 3. The monoisotopic (exact) mass is 837 g/mol. The van der Waals surface area contributed by atoms with Crippen molar-refractivity contribution < 1.29 is 51.4 Å². The second-order valence-corrected chi connectivity index (χ2v) is 19.2. The Morgan fingerprint density at radius 2 is 1.76 bits per heavy atom. The van der Waals surface area contributed by atoms with Crippen LogP contribution in [0.1, 0.15) is 107 Å². The molecular weight excluding hydrogens is 786 g/mol. The average Bonchev–Trinajstić information content (AvgIpc) is 4.07. The summed E-state index contributed by atoms with van der Waals surface area (Å²) in [6.07, 6.45) is 4.28. The lowest BCUT2D eigenvalue weighted by Crippen LogP contribution is -2.58. The molecule has 0 radical (unpaired) electrons. The summed E-state index contributed by atoms with van der Waals surface area (Å²) in [6.45, 7) is 4.79. The lowest BCUT2D eigenvalue weighted by molar-refractivity contribution is -0.143. The van der Waals surface area contributed by atoms with Crippen LogP contribution in [0.2, 0.25) is 0 Å². The maximum atomic E-state index is 15.1. The van der Waals surface area contributed by atoms with Crippen LogP contribution in [-0.4, -0.2) is 87.8 Å². The summed E-state index contributed by atoms with van der Waals surface area (Å²) in [6, 6.07) is 7.44. The van der Waals surface area contributed by atoms with E-state index in [2.05, 4.69) is 15.4 Å². The molecule has 17 heteroatoms. The normalized spacial score (nSPS) is 27.8. The molecule has 5 amide bonds. The summed E-state index contributed by atoms with van der Waals surface area (Å²) in [7, 11) is -3.99. The maximum Gasteiger partial charge on any atom is 0.410 e. The van der Waals surface area contributed by atoms with Crippen LogP contribution in [0.25, 0.3) is 0 Å². The van der Waals surface area contributed by atoms with E-state index in [0.29, 0.717) is 60.8 Å². The topological polar surface area (TPSA) is 201 Å². The molecule has 3 heterocycles. The molecule has 2 saturated carbocycles. The quantitative estimate of drug-likeness (QED) is 0.290. The van der Waals surface area contributed by atoms with Crippen LogP contribution in [0.4, 0.5) is 14.0 Å². The number of ether oxygens (including phenoxy) is 2. The summed E-state index contributed by atoms with van der Waals surface area (Å²) >= 11 is 0. The number of rotatable bonds is 7. The molecule has 2 aromatic carbocycles. The standard InChI is InChI=1S/C42H52FN5O10S/c1-41(2,3)58-39(53)44-32-13-8-6-4-5-7-11-28-21-42(28,38(52)46-59(55,56)29-18-19-29)45-36(50)33-20-34(35(48(33)37(32)51)26-16-14-25(24-49)15-17-26)57-40(54)47-22-27-10-9-12-31(43)30(27)23-47/h7,9-12,14-17,28-29,32-35,49H,4-6,8,13,18-24H2,1-3H3,(H,44,53)(H,45,50)(H,46,52)/b11-7-/t28?,32-,33-,34+,35-,42+/m0/s1. The van der Waals surface area contributed by atoms with Crippen molar-refractivity contribution in [1.29, 1.82) is 0 Å². The number of carbonyl (C=O) groups excluding carboxylic acids is 5. The summed E-state index contributed by atoms with van der Waals surface area (Å²) in [5.74, 6) is -3.34. The lowest BCUT2D eigenvalue weighted by atomic mass is 9.99. The Labute approximate surface area is 343 Å². The van der Waals surface area contributed by atoms with Crippen molar-refractivity contribution >= 4 is 39.9 Å². The predicted molar refractivity (Wildman–Crippen MR) is 211 cm³/mol. The van der Waals surface area contributed by atoms with Gasteiger partial charge in [-0.25, -0.2) is 22.4 Å². The van der Waals surface area contributed by atoms with Crippen molar-refractivity contribution in [2.75, 3.05) is 0 Å². The van der Waals surface area contributed by atoms with Gasteiger partial charge in [-0.1, -0.05) is 61.4 Å². The molecule has 3 fully saturated rings. The zero-order chi connectivity index (χ0) is 42.3. The van der Waals surface area contributed by atoms with Gasteiger partial charge in [0.2, 0.25) is 21.8 Å². The predicted octanol–water partition coefficient (Wildman–Crippen LogP) is 4.38. The first kappa shape index (κ1) is 42.1. The molecule has 2 aliphatic carbocycles. The number of amides is 5. The number of nitrogens with zero attached hydrogens (tertiary/aromatic N) is 2. The number of halogens is 1. The molecule has 318 valence electrons. The fourth-order valence-electron chi connectivity index (χ4n) is 8.28. The third kappa shape index (κ3) is 9.25. The van der Waals surface area contributed by atoms with Gasteiger partial charge in [-0.15, -0.1) is 0 Å². The van der Waals surface area contributed by atoms with Gasteiger partial charge in [0, 0.05) is 24.4 Å². The Balaban J connectivity index is 1.27. The number of alkyl carbamates (subject to hydrolysis) is 1. The second kappa shape index (κ2) is 16.6. The van der Waals surface area contributed by atoms with Gasteiger partial charge in [0.1, 0.15) is 35.1 Å². The molecular formula is C42H52FN5O10S. The highest BCUT2D eigenvalue weighted by atomic mass is 32.2. The number of benzene rings is 2. The first-order valence-corrected chi connectivity index (χ1v) is 21.8. The number of aliphatic hydroxyl groups is 1. The van der Waals surface area contributed by atoms with Crippen LogP contribution >= 0.6 is 0 Å². The number of hydrogen-bond acceptors (Lipinski definition) is 10. The van der Waals surface area contributed by atoms with E-state index in [1.54, 1.807) is 63.2 Å². The van der Waals surface area contributed by atoms with Gasteiger partial charge in [-0.2, -0.15) is 0 Å². The molecule has 1 unspecified atom stereocenters. The van der Waals surface area contributed by atoms with Crippen LogP contribution in [0, 0.1) is 11.7 Å². The van der Waals surface area contributed by atoms with Gasteiger partial charge in [0.25, 0.3) is 5.91 Å². The second-order valence-electron chi connectivity index (χ2n) is 17.2. The Bertz CT molecular complexity index is 2120. The third-order valence-corrected chi connectivity index (χ3v) is 13.4. The van der Waals surface area contributed by atoms with E-state index in [1.807, 2.05) is 6.08 Å². The minimum Gasteiger partial charge on any atom is -0.444 e. The molecule has 4 N–H and O–H groups in total. The first-order valence-electron chi connectivity index (χ1n) is 20.3. The highest BCUT2D eigenvalue weighted by Crippen LogP contribution is 2.47. The van der Waals surface area contributed by atoms with Crippen LogP contribution < -0.4 is 15.4 Å². The highest BCUT2D eigenvalue weighted by molar-refractivity contribution is 7.91. The first-order chi connectivity index (χ1) is 28.0. The minimum absolute atomic E-state index is 0.0613. The lowest BCUT2D eigenvalue weighted by Gasteiger charge is -2.35. The molecule has 0 spiro atoms. The number of nitrogens with one attached hydrogen (secondary N) is 3. The fraction of sp³-hybridized carbons (Fsp3) is 0.548. The van der Waals surface area contributed by atoms with Gasteiger partial charge in [-0.3, -0.25) is 24.0 Å². The summed E-state index contributed by atoms with van der Waals surface area (Å²) in [5, 5.41) is 14.7. The van der Waals surface area contributed by atoms with E-state index in [4.69, 9.17) is 9.47 Å². The number of sulfonamides is 1. The molecule has 0 aromatic heterocycles. The molecule has 59 heavy (non-hydrogen) atoms. The zero-order valence-electron chi connectivity index (χ0n) is 33.4. The van der Waals surface area contributed by atoms with Crippen molar-refractivity contribution in [2.45, 2.75) is 139 Å². The number of aliphatic hydroxyl groups excluding tert-OH is 1. The molecule has 5 aliphatic rings. The van der Waals surface area contributed by atoms with Crippen molar-refractivity contribution in [2.24, 2.45) is 5.92 Å². The molecule has 6 atom stereocenters. The SMILES string of the molecule is CC(C)(C)OC(=O)N[C@H]1CCCCC/C=C\C2C[C@@]2(C(=O)NS(=O)(=O)C2CC2)NC(=O)[C@@H]2C[C@@H](OC(=O)N3Cc4cccc(F)c4C3)[C@H](c3ccc(CO)cc3)N2C1=O. The Hall–Kier alpha value is -5.03. The van der Waals surface area contributed by atoms with E-state index < -0.39 is 92.3 Å². The van der Waals surface area contributed by atoms with E-state index in [-0.39, 0.29) is 39.0 Å². The Morgan fingerprint density at radius 1 is 1.02 bits per heavy atom. The van der Waals surface area contributed by atoms with Gasteiger partial charge in [-0.05, 0) is 82.1 Å². The van der Waals surface area contributed by atoms with Crippen molar-refractivity contribution in [1.82, 2.24) is 25.2 Å². The van der Waals surface area contributed by atoms with Gasteiger partial charge >= 0.3 is 12.2 Å². The van der Waals surface area contributed by atoms with Crippen molar-refractivity contribution in [3.05, 3.63) is 82.7 Å². The Morgan fingerprint density at radius 3 is 2.44 bits per heavy atom. The van der Waals surface area contributed by atoms with E-state index >= 15 is 4.79 Å². The van der Waals surface area contributed by atoms with Crippen molar-refractivity contribution in [3.63, 3.8) is 0 Å². The zero-order valence-corrected chi connectivity index (χ0v) is 34.3. The Kier molecular flexibility index (Phi) is 11.8. The van der Waals surface area contributed by atoms with Gasteiger partial charge in [0.15, 0.2) is 0 Å². The smallest absolute Gasteiger partial charge is 0.410 e. The minimum atomic E-state index is -3.99. The van der Waals surface area contributed by atoms with E-state index in [0.717, 1.165) is 0 Å². The molecule has 3 aliphatic heterocycles. The van der Waals surface area contributed by atoms with Gasteiger partial charge in [0.05, 0.1) is 24.4 Å². The van der Waals surface area contributed by atoms with Crippen LogP contribution in [-0.2, 0) is 53.6 Å². The number of hydrogen-bond donors (Lipinski definition) is 4. The molecule has 1 saturated heterocycles. The molecule has 0 bridgehead atoms. The van der Waals surface area contributed by atoms with Crippen molar-refractivity contribution in [3.8, 4) is 0 Å². The third-order valence-electron chi connectivity index (χ3n) is 11.6. The highest BCUT2D eigenvalue weighted by Gasteiger charge is 2.63. The fourth-order valence-corrected chi connectivity index (χ4v) is 9.65. The molecule has 15 nitrogen and oxygen atoms in total. The maximum absolute atomic E-state index is 15.1. The number of carbonyl (C=O) groups is 5.